The molecule has 0 aliphatic heterocycles. The largest absolute Gasteiger partial charge is 0.352 e. The van der Waals surface area contributed by atoms with Gasteiger partial charge in [-0.05, 0) is 43.4 Å². The van der Waals surface area contributed by atoms with Crippen molar-refractivity contribution in [3.05, 3.63) is 41.3 Å². The maximum absolute atomic E-state index is 13.8. The monoisotopic (exact) mass is 416 g/mol. The Bertz CT molecular complexity index is 877. The van der Waals surface area contributed by atoms with Crippen molar-refractivity contribution in [1.29, 1.82) is 0 Å². The first-order valence-corrected chi connectivity index (χ1v) is 11.0. The molecule has 6 nitrogen and oxygen atoms in total. The highest BCUT2D eigenvalue weighted by molar-refractivity contribution is 7.18. The molecule has 8 heteroatoms. The summed E-state index contributed by atoms with van der Waals surface area (Å²) in [5.74, 6) is -0.325. The van der Waals surface area contributed by atoms with Crippen LogP contribution >= 0.6 is 11.3 Å². The van der Waals surface area contributed by atoms with Crippen LogP contribution in [0, 0.1) is 11.7 Å². The summed E-state index contributed by atoms with van der Waals surface area (Å²) in [7, 11) is 0. The molecular weight excluding hydrogens is 391 g/mol. The van der Waals surface area contributed by atoms with Gasteiger partial charge in [0.05, 0.1) is 21.8 Å². The number of thiophene rings is 1. The third-order valence-electron chi connectivity index (χ3n) is 5.45. The zero-order valence-electron chi connectivity index (χ0n) is 16.1. The van der Waals surface area contributed by atoms with Gasteiger partial charge in [-0.2, -0.15) is 0 Å². The summed E-state index contributed by atoms with van der Waals surface area (Å²) >= 11 is 1.23. The molecule has 154 valence electrons. The van der Waals surface area contributed by atoms with E-state index in [1.807, 2.05) is 0 Å². The van der Waals surface area contributed by atoms with Crippen molar-refractivity contribution in [2.75, 3.05) is 5.32 Å². The zero-order valence-corrected chi connectivity index (χ0v) is 16.9. The van der Waals surface area contributed by atoms with Crippen molar-refractivity contribution in [3.63, 3.8) is 0 Å². The van der Waals surface area contributed by atoms with Gasteiger partial charge < -0.3 is 16.0 Å². The number of anilines is 2. The molecule has 0 unspecified atom stereocenters. The average molecular weight is 417 g/mol. The molecule has 4 rings (SSSR count). The molecule has 0 spiro atoms. The Balaban J connectivity index is 1.40. The minimum Gasteiger partial charge on any atom is -0.352 e. The van der Waals surface area contributed by atoms with E-state index in [2.05, 4.69) is 20.9 Å². The number of rotatable bonds is 8. The van der Waals surface area contributed by atoms with E-state index in [4.69, 9.17) is 0 Å². The number of amides is 2. The van der Waals surface area contributed by atoms with Crippen LogP contribution < -0.4 is 16.0 Å². The van der Waals surface area contributed by atoms with Gasteiger partial charge in [0.15, 0.2) is 5.82 Å². The number of hydrogen-bond acceptors (Lipinski definition) is 5. The number of halogens is 1. The van der Waals surface area contributed by atoms with Gasteiger partial charge in [-0.15, -0.1) is 11.3 Å². The van der Waals surface area contributed by atoms with E-state index in [1.54, 1.807) is 12.1 Å². The molecule has 0 aromatic carbocycles. The molecule has 2 aromatic heterocycles. The Kier molecular flexibility index (Phi) is 6.08. The van der Waals surface area contributed by atoms with Crippen molar-refractivity contribution < 1.29 is 14.0 Å². The van der Waals surface area contributed by atoms with Gasteiger partial charge >= 0.3 is 0 Å². The Morgan fingerprint density at radius 3 is 2.69 bits per heavy atom. The van der Waals surface area contributed by atoms with E-state index < -0.39 is 11.9 Å². The highest BCUT2D eigenvalue weighted by Crippen LogP contribution is 2.30. The maximum Gasteiger partial charge on any atom is 0.262 e. The molecule has 0 saturated heterocycles. The number of carbonyl (C=O) groups is 2. The first-order valence-electron chi connectivity index (χ1n) is 10.2. The van der Waals surface area contributed by atoms with E-state index in [1.165, 1.54) is 36.4 Å². The minimum atomic E-state index is -0.512. The van der Waals surface area contributed by atoms with Crippen LogP contribution in [0.4, 0.5) is 15.1 Å². The molecule has 2 amide bonds. The van der Waals surface area contributed by atoms with Crippen molar-refractivity contribution in [2.45, 2.75) is 57.0 Å². The fourth-order valence-corrected chi connectivity index (χ4v) is 4.53. The molecule has 2 aliphatic rings. The fourth-order valence-electron chi connectivity index (χ4n) is 3.71. The van der Waals surface area contributed by atoms with Crippen LogP contribution in [0.3, 0.4) is 0 Å². The third-order valence-corrected chi connectivity index (χ3v) is 6.45. The van der Waals surface area contributed by atoms with Crippen molar-refractivity contribution in [1.82, 2.24) is 15.6 Å². The van der Waals surface area contributed by atoms with Crippen LogP contribution in [0.25, 0.3) is 0 Å². The lowest BCUT2D eigenvalue weighted by Crippen LogP contribution is -2.48. The Morgan fingerprint density at radius 2 is 1.97 bits per heavy atom. The van der Waals surface area contributed by atoms with Crippen LogP contribution in [-0.2, 0) is 4.79 Å². The molecule has 2 aromatic rings. The number of carbonyl (C=O) groups excluding carboxylic acids is 2. The highest BCUT2D eigenvalue weighted by atomic mass is 32.1. The van der Waals surface area contributed by atoms with Crippen molar-refractivity contribution >= 4 is 33.8 Å². The minimum absolute atomic E-state index is 0.0819. The zero-order chi connectivity index (χ0) is 20.2. The summed E-state index contributed by atoms with van der Waals surface area (Å²) in [4.78, 5) is 29.6. The van der Waals surface area contributed by atoms with Gasteiger partial charge in [0.25, 0.3) is 5.91 Å². The van der Waals surface area contributed by atoms with Crippen LogP contribution in [-0.4, -0.2) is 28.9 Å². The Labute approximate surface area is 173 Å². The molecule has 3 N–H and O–H groups in total. The topological polar surface area (TPSA) is 83.1 Å². The molecule has 2 aliphatic carbocycles. The van der Waals surface area contributed by atoms with Crippen LogP contribution in [0.15, 0.2) is 30.6 Å². The molecule has 29 heavy (non-hydrogen) atoms. The first-order chi connectivity index (χ1) is 14.1. The van der Waals surface area contributed by atoms with Gasteiger partial charge in [0.1, 0.15) is 6.04 Å². The summed E-state index contributed by atoms with van der Waals surface area (Å²) in [6.07, 6.45) is 9.98. The summed E-state index contributed by atoms with van der Waals surface area (Å²) in [5, 5.41) is 9.56. The summed E-state index contributed by atoms with van der Waals surface area (Å²) in [6.45, 7) is 0. The van der Waals surface area contributed by atoms with Crippen molar-refractivity contribution in [3.8, 4) is 0 Å². The molecule has 2 saturated carbocycles. The molecule has 2 fully saturated rings. The van der Waals surface area contributed by atoms with Gasteiger partial charge in [-0.1, -0.05) is 25.7 Å². The van der Waals surface area contributed by atoms with Crippen LogP contribution in [0.2, 0.25) is 0 Å². The average Bonchev–Trinajstić information content (AvgIpc) is 3.17. The smallest absolute Gasteiger partial charge is 0.262 e. The maximum atomic E-state index is 13.8. The van der Waals surface area contributed by atoms with E-state index in [0.29, 0.717) is 27.9 Å². The fraction of sp³-hybridized carbons (Fsp3) is 0.476. The van der Waals surface area contributed by atoms with Crippen LogP contribution in [0.5, 0.6) is 0 Å². The standard InChI is InChI=1S/C21H25FN4O2S/c22-15-12-23-10-9-16(15)25-19-8-7-18(29-19)21(28)26-17(11-13-3-1-2-4-13)20(27)24-14-5-6-14/h7-10,12-14,17H,1-6,11H2,(H,23,25)(H,24,27)(H,26,28)/t17-/m0/s1. The van der Waals surface area contributed by atoms with Gasteiger partial charge in [-0.3, -0.25) is 14.6 Å². The second-order valence-electron chi connectivity index (χ2n) is 7.84. The Morgan fingerprint density at radius 1 is 1.17 bits per heavy atom. The second-order valence-corrected chi connectivity index (χ2v) is 8.92. The molecule has 2 heterocycles. The molecule has 0 radical (unpaired) electrons. The molecule has 1 atom stereocenters. The van der Waals surface area contributed by atoms with Crippen LogP contribution in [0.1, 0.15) is 54.6 Å². The van der Waals surface area contributed by atoms with Crippen molar-refractivity contribution in [2.24, 2.45) is 5.92 Å². The SMILES string of the molecule is O=C(N[C@@H](CC1CCCC1)C(=O)NC1CC1)c1ccc(Nc2ccncc2F)s1. The van der Waals surface area contributed by atoms with E-state index in [-0.39, 0.29) is 17.9 Å². The predicted octanol–water partition coefficient (Wildman–Crippen LogP) is 3.98. The highest BCUT2D eigenvalue weighted by Gasteiger charge is 2.31. The lowest BCUT2D eigenvalue weighted by molar-refractivity contribution is -0.123. The van der Waals surface area contributed by atoms with Gasteiger partial charge in [0.2, 0.25) is 5.91 Å². The lowest BCUT2D eigenvalue weighted by atomic mass is 9.97. The summed E-state index contributed by atoms with van der Waals surface area (Å²) < 4.78 is 13.8. The normalized spacial score (nSPS) is 17.7. The van der Waals surface area contributed by atoms with E-state index in [9.17, 15) is 14.0 Å². The summed E-state index contributed by atoms with van der Waals surface area (Å²) in [6, 6.07) is 4.71. The predicted molar refractivity (Wildman–Crippen MR) is 111 cm³/mol. The van der Waals surface area contributed by atoms with E-state index >= 15 is 0 Å². The third kappa shape index (κ3) is 5.32. The summed E-state index contributed by atoms with van der Waals surface area (Å²) in [5.41, 5.74) is 0.303. The van der Waals surface area contributed by atoms with Gasteiger partial charge in [0, 0.05) is 12.2 Å². The Hall–Kier alpha value is -2.48. The number of nitrogens with zero attached hydrogens (tertiary/aromatic N) is 1. The van der Waals surface area contributed by atoms with E-state index in [0.717, 1.165) is 31.9 Å². The second kappa shape index (κ2) is 8.90. The number of aromatic nitrogens is 1. The molecular formula is C21H25FN4O2S. The van der Waals surface area contributed by atoms with Gasteiger partial charge in [-0.25, -0.2) is 4.39 Å². The quantitative estimate of drug-likeness (QED) is 0.608. The number of pyridine rings is 1. The number of hydrogen-bond donors (Lipinski definition) is 3. The lowest BCUT2D eigenvalue weighted by Gasteiger charge is -2.21. The first kappa shape index (κ1) is 19.8. The number of nitrogens with one attached hydrogen (secondary N) is 3. The molecule has 0 bridgehead atoms.